The summed E-state index contributed by atoms with van der Waals surface area (Å²) in [6.07, 6.45) is 3.17. The summed E-state index contributed by atoms with van der Waals surface area (Å²) in [6.45, 7) is 3.51. The number of esters is 1. The Morgan fingerprint density at radius 2 is 2.23 bits per heavy atom. The highest BCUT2D eigenvalue weighted by molar-refractivity contribution is 6.08. The Bertz CT molecular complexity index is 906. The van der Waals surface area contributed by atoms with Gasteiger partial charge in [0, 0.05) is 18.9 Å². The molecule has 8 atom stereocenters. The average Bonchev–Trinajstić information content (AvgIpc) is 3.08. The molecule has 5 fully saturated rings. The molecule has 2 unspecified atom stereocenters. The molecule has 0 amide bonds. The molecule has 0 radical (unpaired) electrons. The lowest BCUT2D eigenvalue weighted by atomic mass is 9.66. The van der Waals surface area contributed by atoms with E-state index in [9.17, 15) is 9.90 Å². The fourth-order valence-electron chi connectivity index (χ4n) is 6.90. The molecular formula is C21H22N2O3. The van der Waals surface area contributed by atoms with E-state index in [1.54, 1.807) is 0 Å². The largest absolute Gasteiger partial charge is 0.461 e. The molecule has 5 nitrogen and oxygen atoms in total. The lowest BCUT2D eigenvalue weighted by Gasteiger charge is -2.58. The summed E-state index contributed by atoms with van der Waals surface area (Å²) in [7, 11) is 0. The first-order chi connectivity index (χ1) is 12.6. The molecule has 1 aromatic rings. The van der Waals surface area contributed by atoms with Gasteiger partial charge in [-0.1, -0.05) is 24.3 Å². The van der Waals surface area contributed by atoms with Gasteiger partial charge in [-0.2, -0.15) is 0 Å². The van der Waals surface area contributed by atoms with Crippen LogP contribution >= 0.6 is 0 Å². The molecule has 1 N–H and O–H groups in total. The number of aliphatic imine (C=N–C) groups is 1. The first kappa shape index (κ1) is 15.1. The van der Waals surface area contributed by atoms with E-state index in [0.29, 0.717) is 0 Å². The Kier molecular flexibility index (Phi) is 2.70. The highest BCUT2D eigenvalue weighted by Gasteiger charge is 2.74. The number of fused-ring (bicyclic) bond motifs is 2. The van der Waals surface area contributed by atoms with Crippen LogP contribution in [0.5, 0.6) is 0 Å². The van der Waals surface area contributed by atoms with Crippen LogP contribution in [0.3, 0.4) is 0 Å². The molecule has 4 saturated heterocycles. The van der Waals surface area contributed by atoms with Crippen molar-refractivity contribution in [2.45, 2.75) is 56.5 Å². The molecule has 5 heteroatoms. The normalized spacial score (nSPS) is 47.7. The maximum absolute atomic E-state index is 12.0. The van der Waals surface area contributed by atoms with E-state index < -0.39 is 6.23 Å². The number of piperidine rings is 4. The van der Waals surface area contributed by atoms with Crippen LogP contribution in [0.15, 0.2) is 40.9 Å². The lowest BCUT2D eigenvalue weighted by molar-refractivity contribution is -0.156. The van der Waals surface area contributed by atoms with Gasteiger partial charge in [-0.05, 0) is 42.9 Å². The summed E-state index contributed by atoms with van der Waals surface area (Å²) in [6, 6.07) is 8.67. The number of hydrogen-bond donors (Lipinski definition) is 1. The van der Waals surface area contributed by atoms with Gasteiger partial charge in [-0.3, -0.25) is 14.7 Å². The zero-order valence-corrected chi connectivity index (χ0v) is 14.9. The maximum atomic E-state index is 12.0. The summed E-state index contributed by atoms with van der Waals surface area (Å²) in [5, 5.41) is 11.0. The van der Waals surface area contributed by atoms with Gasteiger partial charge in [-0.25, -0.2) is 0 Å². The number of aliphatic hydroxyl groups is 1. The number of benzene rings is 1. The van der Waals surface area contributed by atoms with Crippen molar-refractivity contribution in [3.8, 4) is 0 Å². The van der Waals surface area contributed by atoms with Crippen LogP contribution in [-0.4, -0.2) is 46.1 Å². The van der Waals surface area contributed by atoms with Gasteiger partial charge < -0.3 is 9.84 Å². The zero-order valence-electron chi connectivity index (χ0n) is 14.9. The number of hydrogen-bond acceptors (Lipinski definition) is 5. The Morgan fingerprint density at radius 3 is 3.00 bits per heavy atom. The minimum atomic E-state index is -0.537. The van der Waals surface area contributed by atoms with Crippen molar-refractivity contribution in [1.82, 2.24) is 4.90 Å². The van der Waals surface area contributed by atoms with Crippen molar-refractivity contribution < 1.29 is 14.6 Å². The average molecular weight is 350 g/mol. The van der Waals surface area contributed by atoms with E-state index in [1.165, 1.54) is 12.5 Å². The number of para-hydroxylation sites is 1. The van der Waals surface area contributed by atoms with E-state index in [0.717, 1.165) is 29.8 Å². The molecule has 1 aromatic carbocycles. The molecule has 5 heterocycles. The number of rotatable bonds is 1. The number of allylic oxidation sites excluding steroid dienone is 1. The number of ether oxygens (including phenoxy) is 1. The van der Waals surface area contributed by atoms with Gasteiger partial charge >= 0.3 is 5.97 Å². The van der Waals surface area contributed by atoms with Crippen molar-refractivity contribution in [1.29, 1.82) is 0 Å². The van der Waals surface area contributed by atoms with Crippen LogP contribution < -0.4 is 0 Å². The summed E-state index contributed by atoms with van der Waals surface area (Å²) in [5.41, 5.74) is 4.10. The molecule has 5 aliphatic heterocycles. The second-order valence-electron chi connectivity index (χ2n) is 8.33. The Balaban J connectivity index is 1.62. The predicted molar refractivity (Wildman–Crippen MR) is 96.2 cm³/mol. The first-order valence-corrected chi connectivity index (χ1v) is 9.55. The SMILES string of the molecule is CC=C1[C@@H](O)N2[C@H]3C[C@@H]1C1[C@@H](OC(C)=O)[C@@]4(C[C@@H]12)C3=Nc1ccccc14. The van der Waals surface area contributed by atoms with E-state index in [1.807, 2.05) is 13.0 Å². The standard InChI is InChI=1S/C21H22N2O3/c1-3-11-12-8-15-18-21(13-6-4-5-7-14(13)22-18)9-16(23(15)20(11)25)17(12)19(21)26-10(2)24/h3-7,12,15-17,19-20,25H,8-9H2,1-2H3/t12-,15-,16-,17?,19+,20+,21+/m0/s1. The Hall–Kier alpha value is -1.98. The van der Waals surface area contributed by atoms with Crippen molar-refractivity contribution >= 4 is 17.4 Å². The van der Waals surface area contributed by atoms with E-state index in [-0.39, 0.29) is 41.4 Å². The highest BCUT2D eigenvalue weighted by Crippen LogP contribution is 2.67. The quantitative estimate of drug-likeness (QED) is 0.624. The highest BCUT2D eigenvalue weighted by atomic mass is 16.5. The summed E-state index contributed by atoms with van der Waals surface area (Å²) in [5.74, 6) is 0.264. The fraction of sp³-hybridized carbons (Fsp3) is 0.524. The van der Waals surface area contributed by atoms with E-state index in [2.05, 4.69) is 29.2 Å². The smallest absolute Gasteiger partial charge is 0.302 e. The molecule has 6 aliphatic rings. The molecule has 0 aromatic heterocycles. The van der Waals surface area contributed by atoms with Crippen molar-refractivity contribution in [3.63, 3.8) is 0 Å². The van der Waals surface area contributed by atoms with Crippen molar-refractivity contribution in [2.75, 3.05) is 0 Å². The van der Waals surface area contributed by atoms with Gasteiger partial charge in [0.25, 0.3) is 0 Å². The third-order valence-electron chi connectivity index (χ3n) is 7.53. The summed E-state index contributed by atoms with van der Waals surface area (Å²) in [4.78, 5) is 19.3. The molecule has 134 valence electrons. The lowest BCUT2D eigenvalue weighted by Crippen LogP contribution is -2.68. The number of nitrogens with zero attached hydrogens (tertiary/aromatic N) is 2. The van der Waals surface area contributed by atoms with Gasteiger partial charge in [0.1, 0.15) is 12.3 Å². The third-order valence-corrected chi connectivity index (χ3v) is 7.53. The van der Waals surface area contributed by atoms with Gasteiger partial charge in [-0.15, -0.1) is 0 Å². The monoisotopic (exact) mass is 350 g/mol. The second kappa shape index (κ2) is 4.65. The molecule has 7 rings (SSSR count). The molecule has 26 heavy (non-hydrogen) atoms. The van der Waals surface area contributed by atoms with E-state index in [4.69, 9.17) is 9.73 Å². The number of carbonyl (C=O) groups excluding carboxylic acids is 1. The Labute approximate surface area is 152 Å². The third kappa shape index (κ3) is 1.45. The van der Waals surface area contributed by atoms with Gasteiger partial charge in [0.15, 0.2) is 0 Å². The molecular weight excluding hydrogens is 328 g/mol. The predicted octanol–water partition coefficient (Wildman–Crippen LogP) is 2.31. The number of aliphatic hydroxyl groups excluding tert-OH is 1. The molecule has 1 spiro atoms. The first-order valence-electron chi connectivity index (χ1n) is 9.55. The maximum Gasteiger partial charge on any atom is 0.302 e. The fourth-order valence-corrected chi connectivity index (χ4v) is 6.90. The molecule has 1 aliphatic carbocycles. The van der Waals surface area contributed by atoms with Crippen LogP contribution in [0, 0.1) is 11.8 Å². The van der Waals surface area contributed by atoms with Crippen LogP contribution in [-0.2, 0) is 14.9 Å². The zero-order chi connectivity index (χ0) is 17.8. The topological polar surface area (TPSA) is 62.1 Å². The van der Waals surface area contributed by atoms with Gasteiger partial charge in [0.05, 0.1) is 22.9 Å². The second-order valence-corrected chi connectivity index (χ2v) is 8.33. The van der Waals surface area contributed by atoms with Crippen molar-refractivity contribution in [2.24, 2.45) is 16.8 Å². The molecule has 1 saturated carbocycles. The van der Waals surface area contributed by atoms with Crippen LogP contribution in [0.2, 0.25) is 0 Å². The minimum absolute atomic E-state index is 0.140. The van der Waals surface area contributed by atoms with Crippen LogP contribution in [0.1, 0.15) is 32.3 Å². The van der Waals surface area contributed by atoms with Crippen LogP contribution in [0.25, 0.3) is 0 Å². The van der Waals surface area contributed by atoms with Crippen molar-refractivity contribution in [3.05, 3.63) is 41.5 Å². The summed E-state index contributed by atoms with van der Waals surface area (Å²) >= 11 is 0. The van der Waals surface area contributed by atoms with E-state index >= 15 is 0 Å². The van der Waals surface area contributed by atoms with Crippen LogP contribution in [0.4, 0.5) is 5.69 Å². The minimum Gasteiger partial charge on any atom is -0.461 e. The Morgan fingerprint density at radius 1 is 1.42 bits per heavy atom. The van der Waals surface area contributed by atoms with Gasteiger partial charge in [0.2, 0.25) is 0 Å². The summed E-state index contributed by atoms with van der Waals surface area (Å²) < 4.78 is 6.04. The molecule has 5 bridgehead atoms. The number of carbonyl (C=O) groups is 1.